The van der Waals surface area contributed by atoms with Crippen molar-refractivity contribution < 1.29 is 13.2 Å². The Morgan fingerprint density at radius 2 is 1.88 bits per heavy atom. The molecule has 138 valence electrons. The second-order valence-corrected chi connectivity index (χ2v) is 9.35. The molecular formula is C19H21ClN2O3S. The van der Waals surface area contributed by atoms with E-state index in [1.807, 2.05) is 20.8 Å². The number of amides is 1. The molecule has 7 heteroatoms. The first kappa shape index (κ1) is 18.7. The van der Waals surface area contributed by atoms with Crippen molar-refractivity contribution in [2.45, 2.75) is 38.0 Å². The van der Waals surface area contributed by atoms with Crippen molar-refractivity contribution >= 4 is 38.9 Å². The zero-order valence-electron chi connectivity index (χ0n) is 15.1. The topological polar surface area (TPSA) is 66.5 Å². The van der Waals surface area contributed by atoms with Crippen molar-refractivity contribution in [3.8, 4) is 0 Å². The molecule has 3 rings (SSSR count). The standard InChI is InChI=1S/C19H21ClN2O3S/c1-12-5-7-17(16(20)9-12)21-26(24,25)14-6-8-18-15(10-14)19(3,4)11-22(18)13(2)23/h5-10,21H,11H2,1-4H3. The van der Waals surface area contributed by atoms with Gasteiger partial charge in [0.05, 0.1) is 15.6 Å². The second-order valence-electron chi connectivity index (χ2n) is 7.26. The van der Waals surface area contributed by atoms with Crippen LogP contribution in [-0.4, -0.2) is 20.9 Å². The van der Waals surface area contributed by atoms with Crippen molar-refractivity contribution in [2.24, 2.45) is 0 Å². The number of halogens is 1. The van der Waals surface area contributed by atoms with E-state index in [0.29, 0.717) is 17.3 Å². The molecule has 0 fully saturated rings. The van der Waals surface area contributed by atoms with Gasteiger partial charge in [-0.25, -0.2) is 8.42 Å². The summed E-state index contributed by atoms with van der Waals surface area (Å²) < 4.78 is 28.2. The maximum absolute atomic E-state index is 12.8. The lowest BCUT2D eigenvalue weighted by Gasteiger charge is -2.19. The lowest BCUT2D eigenvalue weighted by molar-refractivity contribution is -0.116. The Hall–Kier alpha value is -2.05. The smallest absolute Gasteiger partial charge is 0.261 e. The van der Waals surface area contributed by atoms with Gasteiger partial charge in [0.2, 0.25) is 5.91 Å². The van der Waals surface area contributed by atoms with Crippen LogP contribution in [0.4, 0.5) is 11.4 Å². The minimum absolute atomic E-state index is 0.0583. The van der Waals surface area contributed by atoms with Crippen LogP contribution in [0, 0.1) is 6.92 Å². The number of aryl methyl sites for hydroxylation is 1. The molecule has 26 heavy (non-hydrogen) atoms. The maximum atomic E-state index is 12.8. The summed E-state index contributed by atoms with van der Waals surface area (Å²) in [4.78, 5) is 13.7. The van der Waals surface area contributed by atoms with Crippen LogP contribution >= 0.6 is 11.6 Å². The normalized spacial score (nSPS) is 15.7. The average Bonchev–Trinajstić information content (AvgIpc) is 2.81. The van der Waals surface area contributed by atoms with Gasteiger partial charge in [-0.05, 0) is 48.4 Å². The van der Waals surface area contributed by atoms with E-state index in [1.165, 1.54) is 13.0 Å². The van der Waals surface area contributed by atoms with Crippen LogP contribution in [0.25, 0.3) is 0 Å². The quantitative estimate of drug-likeness (QED) is 0.855. The minimum Gasteiger partial charge on any atom is -0.311 e. The van der Waals surface area contributed by atoms with E-state index < -0.39 is 10.0 Å². The van der Waals surface area contributed by atoms with Gasteiger partial charge in [0.15, 0.2) is 0 Å². The number of carbonyl (C=O) groups is 1. The molecule has 0 bridgehead atoms. The van der Waals surface area contributed by atoms with Crippen molar-refractivity contribution in [1.29, 1.82) is 0 Å². The van der Waals surface area contributed by atoms with Crippen molar-refractivity contribution in [3.63, 3.8) is 0 Å². The lowest BCUT2D eigenvalue weighted by atomic mass is 9.87. The van der Waals surface area contributed by atoms with Crippen molar-refractivity contribution in [3.05, 3.63) is 52.5 Å². The van der Waals surface area contributed by atoms with E-state index in [1.54, 1.807) is 35.2 Å². The summed E-state index contributed by atoms with van der Waals surface area (Å²) in [6.07, 6.45) is 0. The summed E-state index contributed by atoms with van der Waals surface area (Å²) in [7, 11) is -3.80. The van der Waals surface area contributed by atoms with E-state index in [-0.39, 0.29) is 16.2 Å². The largest absolute Gasteiger partial charge is 0.311 e. The Morgan fingerprint density at radius 1 is 1.19 bits per heavy atom. The molecule has 2 aromatic rings. The number of hydrogen-bond donors (Lipinski definition) is 1. The molecule has 0 radical (unpaired) electrons. The summed E-state index contributed by atoms with van der Waals surface area (Å²) in [5.41, 5.74) is 2.55. The molecule has 0 aliphatic carbocycles. The highest BCUT2D eigenvalue weighted by Gasteiger charge is 2.37. The maximum Gasteiger partial charge on any atom is 0.261 e. The van der Waals surface area contributed by atoms with E-state index in [2.05, 4.69) is 4.72 Å². The van der Waals surface area contributed by atoms with Crippen LogP contribution in [0.1, 0.15) is 31.9 Å². The first-order chi connectivity index (χ1) is 12.0. The van der Waals surface area contributed by atoms with Crippen LogP contribution < -0.4 is 9.62 Å². The Morgan fingerprint density at radius 3 is 2.50 bits per heavy atom. The molecule has 1 N–H and O–H groups in total. The molecule has 0 atom stereocenters. The number of rotatable bonds is 3. The van der Waals surface area contributed by atoms with Gasteiger partial charge in [-0.3, -0.25) is 9.52 Å². The molecule has 1 heterocycles. The van der Waals surface area contributed by atoms with Gasteiger partial charge >= 0.3 is 0 Å². The van der Waals surface area contributed by atoms with Gasteiger partial charge in [-0.15, -0.1) is 0 Å². The molecule has 2 aromatic carbocycles. The minimum atomic E-state index is -3.80. The highest BCUT2D eigenvalue weighted by molar-refractivity contribution is 7.92. The van der Waals surface area contributed by atoms with Crippen LogP contribution in [0.15, 0.2) is 41.3 Å². The SMILES string of the molecule is CC(=O)N1CC(C)(C)c2cc(S(=O)(=O)Nc3ccc(C)cc3Cl)ccc21. The molecule has 0 unspecified atom stereocenters. The number of anilines is 2. The summed E-state index contributed by atoms with van der Waals surface area (Å²) in [6.45, 7) is 7.91. The van der Waals surface area contributed by atoms with E-state index >= 15 is 0 Å². The molecule has 1 aliphatic rings. The van der Waals surface area contributed by atoms with E-state index in [9.17, 15) is 13.2 Å². The first-order valence-corrected chi connectivity index (χ1v) is 10.1. The number of nitrogens with zero attached hydrogens (tertiary/aromatic N) is 1. The Kier molecular flexibility index (Phi) is 4.53. The van der Waals surface area contributed by atoms with Crippen molar-refractivity contribution in [1.82, 2.24) is 0 Å². The fourth-order valence-electron chi connectivity index (χ4n) is 3.21. The van der Waals surface area contributed by atoms with Crippen LogP contribution in [0.5, 0.6) is 0 Å². The predicted molar refractivity (Wildman–Crippen MR) is 104 cm³/mol. The third-order valence-corrected chi connectivity index (χ3v) is 6.28. The molecule has 1 aliphatic heterocycles. The highest BCUT2D eigenvalue weighted by atomic mass is 35.5. The van der Waals surface area contributed by atoms with Gasteiger partial charge < -0.3 is 4.90 Å². The van der Waals surface area contributed by atoms with Crippen LogP contribution in [0.2, 0.25) is 5.02 Å². The average molecular weight is 393 g/mol. The number of sulfonamides is 1. The van der Waals surface area contributed by atoms with Gasteiger partial charge in [-0.2, -0.15) is 0 Å². The zero-order valence-corrected chi connectivity index (χ0v) is 16.7. The number of carbonyl (C=O) groups excluding carboxylic acids is 1. The molecular weight excluding hydrogens is 372 g/mol. The third kappa shape index (κ3) is 3.31. The summed E-state index contributed by atoms with van der Waals surface area (Å²) >= 11 is 6.14. The Bertz CT molecular complexity index is 1000. The van der Waals surface area contributed by atoms with Gasteiger partial charge in [0.1, 0.15) is 0 Å². The monoisotopic (exact) mass is 392 g/mol. The molecule has 0 aromatic heterocycles. The fourth-order valence-corrected chi connectivity index (χ4v) is 4.66. The van der Waals surface area contributed by atoms with E-state index in [0.717, 1.165) is 16.8 Å². The lowest BCUT2D eigenvalue weighted by Crippen LogP contribution is -2.31. The number of hydrogen-bond acceptors (Lipinski definition) is 3. The molecule has 5 nitrogen and oxygen atoms in total. The predicted octanol–water partition coefficient (Wildman–Crippen LogP) is 4.09. The number of nitrogens with one attached hydrogen (secondary N) is 1. The molecule has 0 saturated heterocycles. The van der Waals surface area contributed by atoms with Gasteiger partial charge in [0.25, 0.3) is 10.0 Å². The van der Waals surface area contributed by atoms with Gasteiger partial charge in [-0.1, -0.05) is 31.5 Å². The summed E-state index contributed by atoms with van der Waals surface area (Å²) in [5.74, 6) is -0.0583. The molecule has 0 saturated carbocycles. The first-order valence-electron chi connectivity index (χ1n) is 8.23. The molecule has 1 amide bonds. The van der Waals surface area contributed by atoms with Crippen molar-refractivity contribution in [2.75, 3.05) is 16.2 Å². The number of benzene rings is 2. The zero-order chi connectivity index (χ0) is 19.3. The third-order valence-electron chi connectivity index (χ3n) is 4.60. The van der Waals surface area contributed by atoms with Gasteiger partial charge in [0, 0.05) is 24.6 Å². The Balaban J connectivity index is 2.01. The molecule has 0 spiro atoms. The van der Waals surface area contributed by atoms with Crippen LogP contribution in [-0.2, 0) is 20.2 Å². The summed E-state index contributed by atoms with van der Waals surface area (Å²) in [5, 5.41) is 0.345. The number of fused-ring (bicyclic) bond motifs is 1. The summed E-state index contributed by atoms with van der Waals surface area (Å²) in [6, 6.07) is 9.99. The van der Waals surface area contributed by atoms with E-state index in [4.69, 9.17) is 11.6 Å². The van der Waals surface area contributed by atoms with Crippen LogP contribution in [0.3, 0.4) is 0 Å². The Labute approximate surface area is 159 Å². The fraction of sp³-hybridized carbons (Fsp3) is 0.316. The highest BCUT2D eigenvalue weighted by Crippen LogP contribution is 2.41. The second kappa shape index (κ2) is 6.28.